The van der Waals surface area contributed by atoms with Crippen LogP contribution in [-0.2, 0) is 4.79 Å². The Kier molecular flexibility index (Phi) is 6.69. The number of hydrogen-bond donors (Lipinski definition) is 1. The second-order valence-corrected chi connectivity index (χ2v) is 7.43. The smallest absolute Gasteiger partial charge is 0.260 e. The van der Waals surface area contributed by atoms with Crippen molar-refractivity contribution in [2.45, 2.75) is 26.7 Å². The zero-order valence-electron chi connectivity index (χ0n) is 16.6. The molecule has 1 N–H and O–H groups in total. The fraction of sp³-hybridized carbons (Fsp3) is 0.391. The van der Waals surface area contributed by atoms with E-state index in [2.05, 4.69) is 5.32 Å². The highest BCUT2D eigenvalue weighted by Crippen LogP contribution is 2.17. The van der Waals surface area contributed by atoms with Crippen LogP contribution in [0.15, 0.2) is 48.5 Å². The van der Waals surface area contributed by atoms with E-state index in [1.54, 1.807) is 0 Å². The molecular formula is C23H28N2O3. The van der Waals surface area contributed by atoms with Gasteiger partial charge in [-0.05, 0) is 68.0 Å². The number of hydrogen-bond acceptors (Lipinski definition) is 3. The predicted molar refractivity (Wildman–Crippen MR) is 109 cm³/mol. The monoisotopic (exact) mass is 380 g/mol. The number of aryl methyl sites for hydroxylation is 2. The minimum absolute atomic E-state index is 0.0152. The highest BCUT2D eigenvalue weighted by molar-refractivity contribution is 5.94. The van der Waals surface area contributed by atoms with Crippen LogP contribution in [-0.4, -0.2) is 43.0 Å². The highest BCUT2D eigenvalue weighted by Gasteiger charge is 2.23. The molecule has 5 nitrogen and oxygen atoms in total. The van der Waals surface area contributed by atoms with E-state index in [1.165, 1.54) is 5.56 Å². The van der Waals surface area contributed by atoms with Crippen LogP contribution in [0.5, 0.6) is 5.75 Å². The van der Waals surface area contributed by atoms with Gasteiger partial charge in [-0.15, -0.1) is 0 Å². The summed E-state index contributed by atoms with van der Waals surface area (Å²) in [7, 11) is 0. The average molecular weight is 380 g/mol. The molecule has 2 amide bonds. The Morgan fingerprint density at radius 3 is 2.43 bits per heavy atom. The molecule has 0 saturated carbocycles. The molecule has 0 unspecified atom stereocenters. The first-order valence-corrected chi connectivity index (χ1v) is 9.84. The molecule has 1 heterocycles. The Hall–Kier alpha value is -2.82. The molecule has 0 atom stereocenters. The van der Waals surface area contributed by atoms with Gasteiger partial charge in [-0.1, -0.05) is 24.3 Å². The van der Waals surface area contributed by atoms with E-state index in [9.17, 15) is 9.59 Å². The van der Waals surface area contributed by atoms with Crippen molar-refractivity contribution >= 4 is 11.8 Å². The Morgan fingerprint density at radius 2 is 1.75 bits per heavy atom. The largest absolute Gasteiger partial charge is 0.484 e. The van der Waals surface area contributed by atoms with Crippen LogP contribution in [0.1, 0.15) is 34.3 Å². The van der Waals surface area contributed by atoms with Crippen molar-refractivity contribution in [3.63, 3.8) is 0 Å². The number of piperidine rings is 1. The molecule has 2 aromatic rings. The van der Waals surface area contributed by atoms with E-state index in [1.807, 2.05) is 67.3 Å². The maximum absolute atomic E-state index is 12.4. The second kappa shape index (κ2) is 9.40. The molecule has 28 heavy (non-hydrogen) atoms. The van der Waals surface area contributed by atoms with Gasteiger partial charge < -0.3 is 15.0 Å². The maximum atomic E-state index is 12.4. The Balaban J connectivity index is 1.39. The quantitative estimate of drug-likeness (QED) is 0.836. The van der Waals surface area contributed by atoms with Crippen molar-refractivity contribution in [1.29, 1.82) is 0 Å². The van der Waals surface area contributed by atoms with Gasteiger partial charge in [0.15, 0.2) is 6.61 Å². The fourth-order valence-corrected chi connectivity index (χ4v) is 3.36. The number of benzene rings is 2. The number of para-hydroxylation sites is 1. The normalized spacial score (nSPS) is 14.6. The van der Waals surface area contributed by atoms with Crippen LogP contribution in [0.2, 0.25) is 0 Å². The molecule has 2 aromatic carbocycles. The lowest BCUT2D eigenvalue weighted by Crippen LogP contribution is -2.43. The molecule has 1 fully saturated rings. The molecule has 0 aromatic heterocycles. The summed E-state index contributed by atoms with van der Waals surface area (Å²) < 4.78 is 5.55. The molecular weight excluding hydrogens is 352 g/mol. The SMILES string of the molecule is Cc1ccc(C(=O)NCC2CCN(C(=O)COc3ccccc3)CC2)cc1C. The van der Waals surface area contributed by atoms with Crippen molar-refractivity contribution in [1.82, 2.24) is 10.2 Å². The molecule has 3 rings (SSSR count). The minimum atomic E-state index is -0.0298. The van der Waals surface area contributed by atoms with E-state index < -0.39 is 0 Å². The molecule has 5 heteroatoms. The molecule has 0 bridgehead atoms. The Labute approximate surface area is 166 Å². The number of nitrogens with zero attached hydrogens (tertiary/aromatic N) is 1. The maximum Gasteiger partial charge on any atom is 0.260 e. The van der Waals surface area contributed by atoms with Crippen molar-refractivity contribution in [2.24, 2.45) is 5.92 Å². The Morgan fingerprint density at radius 1 is 1.04 bits per heavy atom. The molecule has 1 aliphatic heterocycles. The van der Waals surface area contributed by atoms with Crippen LogP contribution < -0.4 is 10.1 Å². The van der Waals surface area contributed by atoms with Crippen molar-refractivity contribution in [2.75, 3.05) is 26.2 Å². The van der Waals surface area contributed by atoms with Crippen molar-refractivity contribution < 1.29 is 14.3 Å². The summed E-state index contributed by atoms with van der Waals surface area (Å²) in [5.41, 5.74) is 3.01. The number of likely N-dealkylation sites (tertiary alicyclic amines) is 1. The topological polar surface area (TPSA) is 58.6 Å². The average Bonchev–Trinajstić information content (AvgIpc) is 2.73. The second-order valence-electron chi connectivity index (χ2n) is 7.43. The number of rotatable bonds is 6. The van der Waals surface area contributed by atoms with Crippen LogP contribution in [0.25, 0.3) is 0 Å². The van der Waals surface area contributed by atoms with Crippen molar-refractivity contribution in [3.05, 3.63) is 65.2 Å². The fourth-order valence-electron chi connectivity index (χ4n) is 3.36. The summed E-state index contributed by atoms with van der Waals surface area (Å²) in [6.45, 7) is 6.19. The number of amides is 2. The molecule has 0 aliphatic carbocycles. The van der Waals surface area contributed by atoms with E-state index in [4.69, 9.17) is 4.74 Å². The highest BCUT2D eigenvalue weighted by atomic mass is 16.5. The molecule has 1 saturated heterocycles. The summed E-state index contributed by atoms with van der Waals surface area (Å²) in [4.78, 5) is 26.5. The predicted octanol–water partition coefficient (Wildman–Crippen LogP) is 3.35. The van der Waals surface area contributed by atoms with E-state index in [-0.39, 0.29) is 18.4 Å². The van der Waals surface area contributed by atoms with Gasteiger partial charge in [0.25, 0.3) is 11.8 Å². The van der Waals surface area contributed by atoms with Crippen LogP contribution in [0, 0.1) is 19.8 Å². The first kappa shape index (κ1) is 19.9. The third kappa shape index (κ3) is 5.35. The number of ether oxygens (including phenoxy) is 1. The van der Waals surface area contributed by atoms with Gasteiger partial charge in [0.2, 0.25) is 0 Å². The Bertz CT molecular complexity index is 812. The number of carbonyl (C=O) groups excluding carboxylic acids is 2. The van der Waals surface area contributed by atoms with Gasteiger partial charge in [-0.3, -0.25) is 9.59 Å². The first-order chi connectivity index (χ1) is 13.5. The van der Waals surface area contributed by atoms with Crippen LogP contribution >= 0.6 is 0 Å². The van der Waals surface area contributed by atoms with Crippen molar-refractivity contribution in [3.8, 4) is 5.75 Å². The first-order valence-electron chi connectivity index (χ1n) is 9.84. The summed E-state index contributed by atoms with van der Waals surface area (Å²) in [6, 6.07) is 15.2. The third-order valence-corrected chi connectivity index (χ3v) is 5.39. The molecule has 148 valence electrons. The summed E-state index contributed by atoms with van der Waals surface area (Å²) in [5, 5.41) is 3.04. The zero-order valence-corrected chi connectivity index (χ0v) is 16.6. The molecule has 0 spiro atoms. The van der Waals surface area contributed by atoms with E-state index in [0.29, 0.717) is 36.9 Å². The van der Waals surface area contributed by atoms with E-state index >= 15 is 0 Å². The molecule has 1 aliphatic rings. The van der Waals surface area contributed by atoms with Gasteiger partial charge in [0, 0.05) is 25.2 Å². The van der Waals surface area contributed by atoms with Gasteiger partial charge in [0.1, 0.15) is 5.75 Å². The lowest BCUT2D eigenvalue weighted by Gasteiger charge is -2.32. The standard InChI is InChI=1S/C23H28N2O3/c1-17-8-9-20(14-18(17)2)23(27)24-15-19-10-12-25(13-11-19)22(26)16-28-21-6-4-3-5-7-21/h3-9,14,19H,10-13,15-16H2,1-2H3,(H,24,27). The van der Waals surface area contributed by atoms with Gasteiger partial charge in [-0.2, -0.15) is 0 Å². The van der Waals surface area contributed by atoms with E-state index in [0.717, 1.165) is 18.4 Å². The summed E-state index contributed by atoms with van der Waals surface area (Å²) in [6.07, 6.45) is 1.79. The van der Waals surface area contributed by atoms with Gasteiger partial charge in [-0.25, -0.2) is 0 Å². The molecule has 0 radical (unpaired) electrons. The third-order valence-electron chi connectivity index (χ3n) is 5.39. The summed E-state index contributed by atoms with van der Waals surface area (Å²) >= 11 is 0. The summed E-state index contributed by atoms with van der Waals surface area (Å²) in [5.74, 6) is 1.09. The van der Waals surface area contributed by atoms with Gasteiger partial charge in [0.05, 0.1) is 0 Å². The zero-order chi connectivity index (χ0) is 19.9. The lowest BCUT2D eigenvalue weighted by molar-refractivity contribution is -0.134. The minimum Gasteiger partial charge on any atom is -0.484 e. The lowest BCUT2D eigenvalue weighted by atomic mass is 9.96. The number of nitrogens with one attached hydrogen (secondary N) is 1. The van der Waals surface area contributed by atoms with Crippen LogP contribution in [0.3, 0.4) is 0 Å². The van der Waals surface area contributed by atoms with Gasteiger partial charge >= 0.3 is 0 Å². The number of carbonyl (C=O) groups is 2. The van der Waals surface area contributed by atoms with Crippen LogP contribution in [0.4, 0.5) is 0 Å².